The molecule has 0 aliphatic rings. The maximum absolute atomic E-state index is 6.56. The van der Waals surface area contributed by atoms with Crippen molar-refractivity contribution in [3.05, 3.63) is 58.9 Å². The molecule has 1 aromatic heterocycles. The van der Waals surface area contributed by atoms with Gasteiger partial charge < -0.3 is 10.5 Å². The van der Waals surface area contributed by atoms with Crippen LogP contribution in [0.3, 0.4) is 0 Å². The molecule has 0 radical (unpaired) electrons. The SMILES string of the molecule is COc1cccnc1C(C)(N)c1cc(C)ccc1C. The first-order chi connectivity index (χ1) is 8.96. The molecule has 3 nitrogen and oxygen atoms in total. The van der Waals surface area contributed by atoms with Crippen molar-refractivity contribution in [2.75, 3.05) is 7.11 Å². The van der Waals surface area contributed by atoms with Crippen LogP contribution in [0, 0.1) is 13.8 Å². The lowest BCUT2D eigenvalue weighted by molar-refractivity contribution is 0.393. The first kappa shape index (κ1) is 13.6. The summed E-state index contributed by atoms with van der Waals surface area (Å²) in [5, 5.41) is 0. The van der Waals surface area contributed by atoms with Crippen molar-refractivity contribution in [2.24, 2.45) is 5.73 Å². The molecule has 1 heterocycles. The number of pyridine rings is 1. The van der Waals surface area contributed by atoms with Crippen LogP contribution in [0.1, 0.15) is 29.3 Å². The highest BCUT2D eigenvalue weighted by molar-refractivity contribution is 5.45. The smallest absolute Gasteiger partial charge is 0.142 e. The molecule has 0 fully saturated rings. The number of hydrogen-bond acceptors (Lipinski definition) is 3. The van der Waals surface area contributed by atoms with Crippen LogP contribution < -0.4 is 10.5 Å². The summed E-state index contributed by atoms with van der Waals surface area (Å²) in [5.74, 6) is 0.716. The molecule has 1 atom stereocenters. The zero-order valence-electron chi connectivity index (χ0n) is 11.9. The highest BCUT2D eigenvalue weighted by Gasteiger charge is 2.30. The standard InChI is InChI=1S/C16H20N2O/c1-11-7-8-12(2)13(10-11)16(3,17)15-14(19-4)6-5-9-18-15/h5-10H,17H2,1-4H3. The number of hydrogen-bond donors (Lipinski definition) is 1. The summed E-state index contributed by atoms with van der Waals surface area (Å²) < 4.78 is 5.38. The van der Waals surface area contributed by atoms with Crippen LogP contribution in [0.15, 0.2) is 36.5 Å². The Hall–Kier alpha value is -1.87. The summed E-state index contributed by atoms with van der Waals surface area (Å²) >= 11 is 0. The lowest BCUT2D eigenvalue weighted by atomic mass is 9.85. The number of methoxy groups -OCH3 is 1. The van der Waals surface area contributed by atoms with Gasteiger partial charge in [-0.25, -0.2) is 0 Å². The quantitative estimate of drug-likeness (QED) is 0.918. The van der Waals surface area contributed by atoms with Gasteiger partial charge in [-0.3, -0.25) is 4.98 Å². The molecule has 0 spiro atoms. The maximum Gasteiger partial charge on any atom is 0.142 e. The summed E-state index contributed by atoms with van der Waals surface area (Å²) in [6, 6.07) is 10.0. The van der Waals surface area contributed by atoms with Gasteiger partial charge in [-0.15, -0.1) is 0 Å². The average Bonchev–Trinajstić information content (AvgIpc) is 2.41. The van der Waals surface area contributed by atoms with Crippen molar-refractivity contribution < 1.29 is 4.74 Å². The van der Waals surface area contributed by atoms with Crippen LogP contribution in [0.5, 0.6) is 5.75 Å². The zero-order valence-corrected chi connectivity index (χ0v) is 11.9. The van der Waals surface area contributed by atoms with Crippen LogP contribution in [0.2, 0.25) is 0 Å². The Morgan fingerprint density at radius 2 is 1.95 bits per heavy atom. The molecule has 2 rings (SSSR count). The fourth-order valence-electron chi connectivity index (χ4n) is 2.37. The Bertz CT molecular complexity index is 591. The summed E-state index contributed by atoms with van der Waals surface area (Å²) in [6.07, 6.45) is 1.74. The zero-order chi connectivity index (χ0) is 14.0. The largest absolute Gasteiger partial charge is 0.495 e. The minimum atomic E-state index is -0.678. The summed E-state index contributed by atoms with van der Waals surface area (Å²) in [4.78, 5) is 4.42. The molecule has 0 amide bonds. The van der Waals surface area contributed by atoms with Crippen molar-refractivity contribution >= 4 is 0 Å². The summed E-state index contributed by atoms with van der Waals surface area (Å²) in [5.41, 5.74) is 10.1. The first-order valence-electron chi connectivity index (χ1n) is 6.33. The van der Waals surface area contributed by atoms with Crippen molar-refractivity contribution in [1.82, 2.24) is 4.98 Å². The number of aryl methyl sites for hydroxylation is 2. The van der Waals surface area contributed by atoms with Crippen molar-refractivity contribution in [3.63, 3.8) is 0 Å². The van der Waals surface area contributed by atoms with Gasteiger partial charge in [0.25, 0.3) is 0 Å². The fourth-order valence-corrected chi connectivity index (χ4v) is 2.37. The maximum atomic E-state index is 6.56. The molecular formula is C16H20N2O. The third kappa shape index (κ3) is 2.47. The number of aromatic nitrogens is 1. The molecule has 100 valence electrons. The molecule has 1 aromatic carbocycles. The van der Waals surface area contributed by atoms with E-state index >= 15 is 0 Å². The van der Waals surface area contributed by atoms with Gasteiger partial charge in [0.1, 0.15) is 11.4 Å². The van der Waals surface area contributed by atoms with E-state index in [0.29, 0.717) is 5.75 Å². The van der Waals surface area contributed by atoms with Crippen LogP contribution in [0.25, 0.3) is 0 Å². The second kappa shape index (κ2) is 5.02. The Kier molecular flexibility index (Phi) is 3.58. The van der Waals surface area contributed by atoms with Gasteiger partial charge >= 0.3 is 0 Å². The monoisotopic (exact) mass is 256 g/mol. The number of nitrogens with two attached hydrogens (primary N) is 1. The van der Waals surface area contributed by atoms with Crippen LogP contribution in [-0.4, -0.2) is 12.1 Å². The molecule has 19 heavy (non-hydrogen) atoms. The Labute approximate surface area is 114 Å². The second-order valence-electron chi connectivity index (χ2n) is 5.07. The van der Waals surface area contributed by atoms with E-state index in [2.05, 4.69) is 37.0 Å². The minimum absolute atomic E-state index is 0.678. The summed E-state index contributed by atoms with van der Waals surface area (Å²) in [7, 11) is 1.64. The van der Waals surface area contributed by atoms with Crippen LogP contribution >= 0.6 is 0 Å². The lowest BCUT2D eigenvalue weighted by Gasteiger charge is -2.28. The van der Waals surface area contributed by atoms with E-state index in [4.69, 9.17) is 10.5 Å². The molecule has 0 aliphatic carbocycles. The third-order valence-electron chi connectivity index (χ3n) is 3.44. The van der Waals surface area contributed by atoms with E-state index in [0.717, 1.165) is 16.8 Å². The van der Waals surface area contributed by atoms with Gasteiger partial charge in [-0.05, 0) is 44.0 Å². The molecule has 0 saturated heterocycles. The Morgan fingerprint density at radius 3 is 2.63 bits per heavy atom. The normalized spacial score (nSPS) is 13.9. The first-order valence-corrected chi connectivity index (χ1v) is 6.33. The number of nitrogens with zero attached hydrogens (tertiary/aromatic N) is 1. The number of ether oxygens (including phenoxy) is 1. The number of rotatable bonds is 3. The third-order valence-corrected chi connectivity index (χ3v) is 3.44. The predicted molar refractivity (Wildman–Crippen MR) is 77.3 cm³/mol. The molecule has 0 bridgehead atoms. The predicted octanol–water partition coefficient (Wildman–Crippen LogP) is 2.93. The van der Waals surface area contributed by atoms with E-state index in [1.165, 1.54) is 5.56 Å². The van der Waals surface area contributed by atoms with Crippen molar-refractivity contribution in [2.45, 2.75) is 26.3 Å². The van der Waals surface area contributed by atoms with Crippen molar-refractivity contribution in [3.8, 4) is 5.75 Å². The Morgan fingerprint density at radius 1 is 1.21 bits per heavy atom. The highest BCUT2D eigenvalue weighted by Crippen LogP contribution is 2.33. The van der Waals surface area contributed by atoms with E-state index in [1.807, 2.05) is 19.1 Å². The minimum Gasteiger partial charge on any atom is -0.495 e. The molecule has 3 heteroatoms. The molecular weight excluding hydrogens is 236 g/mol. The fraction of sp³-hybridized carbons (Fsp3) is 0.312. The van der Waals surface area contributed by atoms with E-state index in [9.17, 15) is 0 Å². The summed E-state index contributed by atoms with van der Waals surface area (Å²) in [6.45, 7) is 6.10. The van der Waals surface area contributed by atoms with E-state index < -0.39 is 5.54 Å². The van der Waals surface area contributed by atoms with E-state index in [-0.39, 0.29) is 0 Å². The van der Waals surface area contributed by atoms with Crippen LogP contribution in [-0.2, 0) is 5.54 Å². The van der Waals surface area contributed by atoms with E-state index in [1.54, 1.807) is 13.3 Å². The second-order valence-corrected chi connectivity index (χ2v) is 5.07. The average molecular weight is 256 g/mol. The van der Waals surface area contributed by atoms with Gasteiger partial charge in [0, 0.05) is 6.20 Å². The van der Waals surface area contributed by atoms with Crippen LogP contribution in [0.4, 0.5) is 0 Å². The molecule has 0 aliphatic heterocycles. The van der Waals surface area contributed by atoms with Crippen molar-refractivity contribution in [1.29, 1.82) is 0 Å². The highest BCUT2D eigenvalue weighted by atomic mass is 16.5. The topological polar surface area (TPSA) is 48.1 Å². The Balaban J connectivity index is 2.61. The molecule has 0 saturated carbocycles. The van der Waals surface area contributed by atoms with Gasteiger partial charge in [0.05, 0.1) is 12.6 Å². The molecule has 2 aromatic rings. The van der Waals surface area contributed by atoms with Gasteiger partial charge in [-0.1, -0.05) is 23.8 Å². The molecule has 2 N–H and O–H groups in total. The molecule has 1 unspecified atom stereocenters. The van der Waals surface area contributed by atoms with Gasteiger partial charge in [0.15, 0.2) is 0 Å². The number of benzene rings is 1. The lowest BCUT2D eigenvalue weighted by Crippen LogP contribution is -2.36. The van der Waals surface area contributed by atoms with Gasteiger partial charge in [-0.2, -0.15) is 0 Å². The van der Waals surface area contributed by atoms with Gasteiger partial charge in [0.2, 0.25) is 0 Å².